The second-order valence-corrected chi connectivity index (χ2v) is 4.55. The maximum absolute atomic E-state index is 4.47. The van der Waals surface area contributed by atoms with Crippen molar-refractivity contribution >= 4 is 26.8 Å². The third-order valence-corrected chi connectivity index (χ3v) is 2.82. The van der Waals surface area contributed by atoms with Gasteiger partial charge >= 0.3 is 0 Å². The van der Waals surface area contributed by atoms with Gasteiger partial charge in [0.2, 0.25) is 0 Å². The molecule has 1 aromatic carbocycles. The van der Waals surface area contributed by atoms with Crippen molar-refractivity contribution in [3.8, 4) is 0 Å². The van der Waals surface area contributed by atoms with Gasteiger partial charge in [0, 0.05) is 5.39 Å². The average molecular weight is 250 g/mol. The fourth-order valence-corrected chi connectivity index (χ4v) is 2.48. The predicted molar refractivity (Wildman–Crippen MR) is 63.7 cm³/mol. The van der Waals surface area contributed by atoms with Crippen LogP contribution in [0.3, 0.4) is 0 Å². The van der Waals surface area contributed by atoms with Crippen molar-refractivity contribution in [1.29, 1.82) is 0 Å². The van der Waals surface area contributed by atoms with Gasteiger partial charge in [0.05, 0.1) is 5.52 Å². The molecule has 72 valence electrons. The highest BCUT2D eigenvalue weighted by molar-refractivity contribution is 9.10. The molecule has 0 radical (unpaired) electrons. The topological polar surface area (TPSA) is 12.9 Å². The van der Waals surface area contributed by atoms with Gasteiger partial charge in [-0.3, -0.25) is 0 Å². The molecular formula is C12H12BrN. The molecule has 0 unspecified atom stereocenters. The molecule has 0 aliphatic rings. The fraction of sp³-hybridized carbons (Fsp3) is 0.250. The first kappa shape index (κ1) is 9.66. The van der Waals surface area contributed by atoms with Crippen LogP contribution >= 0.6 is 15.9 Å². The molecule has 0 bridgehead atoms. The summed E-state index contributed by atoms with van der Waals surface area (Å²) in [5.41, 5.74) is 4.92. The van der Waals surface area contributed by atoms with Crippen LogP contribution in [0.2, 0.25) is 0 Å². The maximum Gasteiger partial charge on any atom is 0.107 e. The van der Waals surface area contributed by atoms with Crippen LogP contribution in [0, 0.1) is 20.8 Å². The Labute approximate surface area is 92.3 Å². The zero-order valence-corrected chi connectivity index (χ0v) is 10.1. The molecule has 0 aliphatic carbocycles. The second-order valence-electron chi connectivity index (χ2n) is 3.74. The summed E-state index contributed by atoms with van der Waals surface area (Å²) in [6.45, 7) is 6.36. The van der Waals surface area contributed by atoms with Crippen LogP contribution in [0.15, 0.2) is 22.8 Å². The minimum atomic E-state index is 0.910. The Balaban J connectivity index is 2.94. The van der Waals surface area contributed by atoms with E-state index in [1.165, 1.54) is 22.1 Å². The van der Waals surface area contributed by atoms with Crippen LogP contribution in [0.25, 0.3) is 10.9 Å². The van der Waals surface area contributed by atoms with Crippen molar-refractivity contribution < 1.29 is 0 Å². The normalized spacial score (nSPS) is 10.9. The summed E-state index contributed by atoms with van der Waals surface area (Å²) in [7, 11) is 0. The van der Waals surface area contributed by atoms with E-state index < -0.39 is 0 Å². The number of benzene rings is 1. The van der Waals surface area contributed by atoms with Gasteiger partial charge in [0.1, 0.15) is 4.60 Å². The van der Waals surface area contributed by atoms with Gasteiger partial charge in [0.25, 0.3) is 0 Å². The molecule has 1 nitrogen and oxygen atoms in total. The van der Waals surface area contributed by atoms with Crippen LogP contribution in [-0.2, 0) is 0 Å². The summed E-state index contributed by atoms with van der Waals surface area (Å²) < 4.78 is 0.910. The largest absolute Gasteiger partial charge is 0.241 e. The number of aromatic nitrogens is 1. The number of fused-ring (bicyclic) bond motifs is 1. The van der Waals surface area contributed by atoms with E-state index in [1.807, 2.05) is 0 Å². The average Bonchev–Trinajstić information content (AvgIpc) is 1.99. The van der Waals surface area contributed by atoms with Crippen molar-refractivity contribution in [3.63, 3.8) is 0 Å². The van der Waals surface area contributed by atoms with Crippen LogP contribution in [0.5, 0.6) is 0 Å². The van der Waals surface area contributed by atoms with Gasteiger partial charge in [0.15, 0.2) is 0 Å². The lowest BCUT2D eigenvalue weighted by molar-refractivity contribution is 1.29. The number of hydrogen-bond donors (Lipinski definition) is 0. The van der Waals surface area contributed by atoms with Gasteiger partial charge in [-0.15, -0.1) is 0 Å². The van der Waals surface area contributed by atoms with Gasteiger partial charge in [-0.2, -0.15) is 0 Å². The Kier molecular flexibility index (Phi) is 2.31. The Morgan fingerprint density at radius 2 is 1.64 bits per heavy atom. The lowest BCUT2D eigenvalue weighted by Crippen LogP contribution is -1.89. The van der Waals surface area contributed by atoms with E-state index in [9.17, 15) is 0 Å². The Morgan fingerprint density at radius 3 is 2.36 bits per heavy atom. The zero-order valence-electron chi connectivity index (χ0n) is 8.56. The lowest BCUT2D eigenvalue weighted by Gasteiger charge is -2.07. The summed E-state index contributed by atoms with van der Waals surface area (Å²) in [5.74, 6) is 0. The number of rotatable bonds is 0. The molecule has 1 heterocycles. The summed E-state index contributed by atoms with van der Waals surface area (Å²) in [6, 6.07) is 6.38. The first-order valence-corrected chi connectivity index (χ1v) is 5.41. The van der Waals surface area contributed by atoms with E-state index in [1.54, 1.807) is 0 Å². The molecule has 0 saturated heterocycles. The monoisotopic (exact) mass is 249 g/mol. The maximum atomic E-state index is 4.47. The van der Waals surface area contributed by atoms with Crippen molar-refractivity contribution in [2.75, 3.05) is 0 Å². The minimum absolute atomic E-state index is 0.910. The van der Waals surface area contributed by atoms with Crippen molar-refractivity contribution in [1.82, 2.24) is 4.98 Å². The zero-order chi connectivity index (χ0) is 10.3. The Bertz CT molecular complexity index is 460. The second kappa shape index (κ2) is 3.35. The number of hydrogen-bond acceptors (Lipinski definition) is 1. The van der Waals surface area contributed by atoms with Crippen LogP contribution in [-0.4, -0.2) is 4.98 Å². The first-order valence-electron chi connectivity index (χ1n) is 4.62. The molecule has 1 aromatic heterocycles. The van der Waals surface area contributed by atoms with Gasteiger partial charge in [-0.05, 0) is 65.5 Å². The van der Waals surface area contributed by atoms with Crippen LogP contribution in [0.1, 0.15) is 16.7 Å². The van der Waals surface area contributed by atoms with Gasteiger partial charge < -0.3 is 0 Å². The van der Waals surface area contributed by atoms with E-state index in [-0.39, 0.29) is 0 Å². The molecule has 0 spiro atoms. The molecule has 0 aliphatic heterocycles. The van der Waals surface area contributed by atoms with E-state index in [0.717, 1.165) is 10.1 Å². The molecule has 0 saturated carbocycles. The van der Waals surface area contributed by atoms with Crippen LogP contribution in [0.4, 0.5) is 0 Å². The lowest BCUT2D eigenvalue weighted by atomic mass is 10.0. The van der Waals surface area contributed by atoms with Crippen molar-refractivity contribution in [2.45, 2.75) is 20.8 Å². The van der Waals surface area contributed by atoms with Crippen molar-refractivity contribution in [3.05, 3.63) is 39.5 Å². The van der Waals surface area contributed by atoms with Gasteiger partial charge in [-0.25, -0.2) is 4.98 Å². The fourth-order valence-electron chi connectivity index (χ4n) is 1.94. The number of pyridine rings is 1. The standard InChI is InChI=1S/C12H12BrN/c1-7-4-8(2)12-9(3)6-11(13)14-10(12)5-7/h4-6H,1-3H3. The van der Waals surface area contributed by atoms with E-state index >= 15 is 0 Å². The summed E-state index contributed by atoms with van der Waals surface area (Å²) in [6.07, 6.45) is 0. The van der Waals surface area contributed by atoms with E-state index in [0.29, 0.717) is 0 Å². The molecule has 2 rings (SSSR count). The molecular weight excluding hydrogens is 238 g/mol. The number of nitrogens with zero attached hydrogens (tertiary/aromatic N) is 1. The predicted octanol–water partition coefficient (Wildman–Crippen LogP) is 3.92. The number of aryl methyl sites for hydroxylation is 3. The Hall–Kier alpha value is -0.890. The smallest absolute Gasteiger partial charge is 0.107 e. The Morgan fingerprint density at radius 1 is 1.00 bits per heavy atom. The quantitative estimate of drug-likeness (QED) is 0.645. The number of halogens is 1. The van der Waals surface area contributed by atoms with E-state index in [2.05, 4.69) is 59.9 Å². The molecule has 2 aromatic rings. The third-order valence-electron chi connectivity index (χ3n) is 2.42. The molecule has 0 amide bonds. The van der Waals surface area contributed by atoms with Crippen molar-refractivity contribution in [2.24, 2.45) is 0 Å². The highest BCUT2D eigenvalue weighted by Crippen LogP contribution is 2.24. The SMILES string of the molecule is Cc1cc(C)c2c(C)cc(Br)nc2c1. The summed E-state index contributed by atoms with van der Waals surface area (Å²) >= 11 is 3.42. The molecule has 14 heavy (non-hydrogen) atoms. The van der Waals surface area contributed by atoms with E-state index in [4.69, 9.17) is 0 Å². The molecule has 0 fully saturated rings. The summed E-state index contributed by atoms with van der Waals surface area (Å²) in [4.78, 5) is 4.47. The highest BCUT2D eigenvalue weighted by atomic mass is 79.9. The first-order chi connectivity index (χ1) is 6.58. The third kappa shape index (κ3) is 1.55. The molecule has 0 N–H and O–H groups in total. The van der Waals surface area contributed by atoms with Crippen LogP contribution < -0.4 is 0 Å². The minimum Gasteiger partial charge on any atom is -0.241 e. The van der Waals surface area contributed by atoms with Gasteiger partial charge in [-0.1, -0.05) is 6.07 Å². The highest BCUT2D eigenvalue weighted by Gasteiger charge is 2.04. The molecule has 2 heteroatoms. The summed E-state index contributed by atoms with van der Waals surface area (Å²) in [5, 5.41) is 1.28. The molecule has 0 atom stereocenters.